The summed E-state index contributed by atoms with van der Waals surface area (Å²) in [4.78, 5) is 52.1. The van der Waals surface area contributed by atoms with Gasteiger partial charge >= 0.3 is 24.5 Å². The van der Waals surface area contributed by atoms with Crippen LogP contribution in [-0.4, -0.2) is 71.4 Å². The summed E-state index contributed by atoms with van der Waals surface area (Å²) in [5.41, 5.74) is 3.64. The van der Waals surface area contributed by atoms with E-state index in [2.05, 4.69) is 0 Å². The molecule has 0 atom stereocenters. The highest BCUT2D eigenvalue weighted by molar-refractivity contribution is 5.96. The number of carbonyl (C=O) groups is 4. The van der Waals surface area contributed by atoms with E-state index >= 15 is 0 Å². The van der Waals surface area contributed by atoms with Crippen molar-refractivity contribution < 1.29 is 37.5 Å². The second-order valence-corrected chi connectivity index (χ2v) is 9.38. The van der Waals surface area contributed by atoms with Crippen molar-refractivity contribution in [2.24, 2.45) is 5.41 Å². The summed E-state index contributed by atoms with van der Waals surface area (Å²) in [5, 5.41) is 9.12. The van der Waals surface area contributed by atoms with Crippen LogP contribution < -0.4 is 15.8 Å². The van der Waals surface area contributed by atoms with Crippen molar-refractivity contribution in [3.05, 3.63) is 65.5 Å². The SMILES string of the molecule is O=C(NNC(=O)C(F)F)c1ccc(CN(C(=O)N2CCC3(CC2)CN(C(=O)O)C3)c2ccccc2)c(F)c1. The van der Waals surface area contributed by atoms with E-state index in [4.69, 9.17) is 5.11 Å². The Morgan fingerprint density at radius 2 is 1.63 bits per heavy atom. The molecule has 2 aromatic carbocycles. The molecule has 2 heterocycles. The summed E-state index contributed by atoms with van der Waals surface area (Å²) in [7, 11) is 0. The van der Waals surface area contributed by atoms with Gasteiger partial charge in [-0.25, -0.2) is 14.0 Å². The number of urea groups is 1. The second-order valence-electron chi connectivity index (χ2n) is 9.38. The van der Waals surface area contributed by atoms with Crippen molar-refractivity contribution in [2.75, 3.05) is 31.1 Å². The first-order chi connectivity index (χ1) is 18.1. The van der Waals surface area contributed by atoms with Gasteiger partial charge in [0, 0.05) is 48.4 Å². The van der Waals surface area contributed by atoms with Gasteiger partial charge < -0.3 is 14.9 Å². The Kier molecular flexibility index (Phi) is 7.74. The molecule has 0 aromatic heterocycles. The van der Waals surface area contributed by atoms with E-state index in [9.17, 15) is 32.3 Å². The maximum Gasteiger partial charge on any atom is 0.407 e. The molecule has 5 amide bonds. The first-order valence-electron chi connectivity index (χ1n) is 11.8. The number of likely N-dealkylation sites (tertiary alicyclic amines) is 2. The average Bonchev–Trinajstić information content (AvgIpc) is 2.89. The van der Waals surface area contributed by atoms with Gasteiger partial charge in [-0.1, -0.05) is 24.3 Å². The Morgan fingerprint density at radius 3 is 2.21 bits per heavy atom. The molecular weight excluding hydrogens is 507 g/mol. The second kappa shape index (κ2) is 11.0. The molecule has 38 heavy (non-hydrogen) atoms. The van der Waals surface area contributed by atoms with Crippen LogP contribution in [0, 0.1) is 11.2 Å². The summed E-state index contributed by atoms with van der Waals surface area (Å²) in [5.74, 6) is -3.49. The van der Waals surface area contributed by atoms with Crippen LogP contribution in [-0.2, 0) is 11.3 Å². The van der Waals surface area contributed by atoms with Crippen molar-refractivity contribution in [3.8, 4) is 0 Å². The van der Waals surface area contributed by atoms with Crippen LogP contribution in [0.2, 0.25) is 0 Å². The topological polar surface area (TPSA) is 122 Å². The van der Waals surface area contributed by atoms with E-state index in [0.717, 1.165) is 6.07 Å². The zero-order valence-electron chi connectivity index (χ0n) is 20.2. The minimum atomic E-state index is -3.32. The number of anilines is 1. The fraction of sp³-hybridized carbons (Fsp3) is 0.360. The Morgan fingerprint density at radius 1 is 0.974 bits per heavy atom. The number of nitrogens with one attached hydrogen (secondary N) is 2. The lowest BCUT2D eigenvalue weighted by atomic mass is 9.72. The number of hydrogen-bond acceptors (Lipinski definition) is 4. The van der Waals surface area contributed by atoms with Gasteiger partial charge in [0.2, 0.25) is 0 Å². The quantitative estimate of drug-likeness (QED) is 0.510. The lowest BCUT2D eigenvalue weighted by Gasteiger charge is -2.53. The number of carbonyl (C=O) groups excluding carboxylic acids is 3. The molecule has 2 aromatic rings. The van der Waals surface area contributed by atoms with Crippen molar-refractivity contribution in [1.29, 1.82) is 0 Å². The smallest absolute Gasteiger partial charge is 0.407 e. The maximum absolute atomic E-state index is 15.0. The number of amides is 5. The predicted molar refractivity (Wildman–Crippen MR) is 129 cm³/mol. The molecule has 0 radical (unpaired) electrons. The highest BCUT2D eigenvalue weighted by Crippen LogP contribution is 2.40. The van der Waals surface area contributed by atoms with Crippen LogP contribution in [0.1, 0.15) is 28.8 Å². The van der Waals surface area contributed by atoms with Gasteiger partial charge in [0.25, 0.3) is 5.91 Å². The number of halogens is 3. The van der Waals surface area contributed by atoms with E-state index in [1.54, 1.807) is 46.1 Å². The number of hydrazine groups is 1. The summed E-state index contributed by atoms with van der Waals surface area (Å²) < 4.78 is 39.5. The fourth-order valence-corrected chi connectivity index (χ4v) is 4.67. The summed E-state index contributed by atoms with van der Waals surface area (Å²) in [6.45, 7) is 1.61. The van der Waals surface area contributed by atoms with Gasteiger partial charge in [0.05, 0.1) is 6.54 Å². The number of nitrogens with zero attached hydrogens (tertiary/aromatic N) is 3. The van der Waals surface area contributed by atoms with Crippen LogP contribution in [0.15, 0.2) is 48.5 Å². The predicted octanol–water partition coefficient (Wildman–Crippen LogP) is 3.05. The normalized spacial score (nSPS) is 16.1. The molecule has 2 saturated heterocycles. The summed E-state index contributed by atoms with van der Waals surface area (Å²) in [6, 6.07) is 11.8. The number of benzene rings is 2. The zero-order valence-corrected chi connectivity index (χ0v) is 20.2. The van der Waals surface area contributed by atoms with Crippen molar-refractivity contribution in [1.82, 2.24) is 20.7 Å². The molecule has 10 nitrogen and oxygen atoms in total. The van der Waals surface area contributed by atoms with Gasteiger partial charge in [-0.3, -0.25) is 25.3 Å². The minimum Gasteiger partial charge on any atom is -0.465 e. The standard InChI is InChI=1S/C25H26F3N5O5/c26-19-12-16(21(34)29-30-22(35)20(27)28)6-7-17(19)13-33(18-4-2-1-3-5-18)23(36)31-10-8-25(9-11-31)14-32(15-25)24(37)38/h1-7,12,20H,8-11,13-15H2,(H,29,34)(H,30,35)(H,37,38). The molecule has 0 bridgehead atoms. The van der Waals surface area contributed by atoms with E-state index in [0.29, 0.717) is 44.7 Å². The van der Waals surface area contributed by atoms with Gasteiger partial charge in [0.15, 0.2) is 0 Å². The van der Waals surface area contributed by atoms with E-state index < -0.39 is 30.2 Å². The molecule has 2 aliphatic rings. The van der Waals surface area contributed by atoms with Crippen molar-refractivity contribution in [3.63, 3.8) is 0 Å². The number of hydrogen-bond donors (Lipinski definition) is 3. The van der Waals surface area contributed by atoms with Gasteiger partial charge in [-0.05, 0) is 37.1 Å². The van der Waals surface area contributed by atoms with Gasteiger partial charge in [0.1, 0.15) is 5.82 Å². The number of alkyl halides is 2. The Bertz CT molecular complexity index is 1210. The molecular formula is C25H26F3N5O5. The van der Waals surface area contributed by atoms with Crippen LogP contribution in [0.3, 0.4) is 0 Å². The third-order valence-electron chi connectivity index (χ3n) is 6.86. The molecule has 1 spiro atoms. The van der Waals surface area contributed by atoms with Gasteiger partial charge in [-0.2, -0.15) is 8.78 Å². The summed E-state index contributed by atoms with van der Waals surface area (Å²) in [6.07, 6.45) is -2.96. The van der Waals surface area contributed by atoms with Crippen LogP contribution in [0.4, 0.5) is 28.4 Å². The van der Waals surface area contributed by atoms with E-state index in [-0.39, 0.29) is 29.1 Å². The lowest BCUT2D eigenvalue weighted by Crippen LogP contribution is -2.62. The Balaban J connectivity index is 1.45. The lowest BCUT2D eigenvalue weighted by molar-refractivity contribution is -0.132. The Hall–Kier alpha value is -4.29. The van der Waals surface area contributed by atoms with Gasteiger partial charge in [-0.15, -0.1) is 0 Å². The van der Waals surface area contributed by atoms with E-state index in [1.165, 1.54) is 21.9 Å². The van der Waals surface area contributed by atoms with E-state index in [1.807, 2.05) is 0 Å². The van der Waals surface area contributed by atoms with Crippen LogP contribution in [0.25, 0.3) is 0 Å². The largest absolute Gasteiger partial charge is 0.465 e. The third-order valence-corrected chi connectivity index (χ3v) is 6.86. The molecule has 4 rings (SSSR count). The zero-order chi connectivity index (χ0) is 27.4. The monoisotopic (exact) mass is 533 g/mol. The minimum absolute atomic E-state index is 0.111. The Labute approximate surface area is 216 Å². The molecule has 3 N–H and O–H groups in total. The summed E-state index contributed by atoms with van der Waals surface area (Å²) >= 11 is 0. The van der Waals surface area contributed by atoms with Crippen molar-refractivity contribution in [2.45, 2.75) is 25.8 Å². The molecule has 202 valence electrons. The first-order valence-corrected chi connectivity index (χ1v) is 11.8. The van der Waals surface area contributed by atoms with Crippen LogP contribution >= 0.6 is 0 Å². The maximum atomic E-state index is 15.0. The average molecular weight is 534 g/mol. The van der Waals surface area contributed by atoms with Crippen molar-refractivity contribution >= 4 is 29.6 Å². The molecule has 0 unspecified atom stereocenters. The molecule has 0 aliphatic carbocycles. The number of para-hydroxylation sites is 1. The van der Waals surface area contributed by atoms with Crippen LogP contribution in [0.5, 0.6) is 0 Å². The molecule has 13 heteroatoms. The number of carboxylic acid groups (broad SMARTS) is 1. The number of piperidine rings is 1. The molecule has 2 aliphatic heterocycles. The third kappa shape index (κ3) is 5.82. The highest BCUT2D eigenvalue weighted by Gasteiger charge is 2.47. The molecule has 0 saturated carbocycles. The first kappa shape index (κ1) is 26.8. The highest BCUT2D eigenvalue weighted by atomic mass is 19.3. The fourth-order valence-electron chi connectivity index (χ4n) is 4.67. The molecule has 2 fully saturated rings. The number of rotatable bonds is 5.